The van der Waals surface area contributed by atoms with E-state index in [-0.39, 0.29) is 25.5 Å². The number of hydrogen-bond acceptors (Lipinski definition) is 5. The number of aromatic amines is 1. The van der Waals surface area contributed by atoms with Gasteiger partial charge in [-0.2, -0.15) is 0 Å². The molecule has 1 N–H and O–H groups in total. The van der Waals surface area contributed by atoms with Gasteiger partial charge < -0.3 is 19.2 Å². The molecule has 0 fully saturated rings. The molecule has 0 radical (unpaired) electrons. The van der Waals surface area contributed by atoms with Crippen molar-refractivity contribution in [2.75, 3.05) is 19.8 Å². The van der Waals surface area contributed by atoms with Gasteiger partial charge in [-0.15, -0.1) is 0 Å². The maximum Gasteiger partial charge on any atom is 0.355 e. The van der Waals surface area contributed by atoms with Crippen LogP contribution in [0.1, 0.15) is 39.0 Å². The van der Waals surface area contributed by atoms with Crippen molar-refractivity contribution in [1.82, 2.24) is 4.98 Å². The van der Waals surface area contributed by atoms with E-state index in [1.807, 2.05) is 0 Å². The highest BCUT2D eigenvalue weighted by Crippen LogP contribution is 2.32. The average molecular weight is 400 g/mol. The Bertz CT molecular complexity index is 796. The summed E-state index contributed by atoms with van der Waals surface area (Å²) in [7, 11) is 0. The molecule has 8 heteroatoms. The Labute approximate surface area is 161 Å². The van der Waals surface area contributed by atoms with Crippen LogP contribution in [0.4, 0.5) is 0 Å². The molecule has 0 amide bonds. The first-order chi connectivity index (χ1) is 12.4. The van der Waals surface area contributed by atoms with Gasteiger partial charge in [-0.05, 0) is 38.5 Å². The number of nitrogens with one attached hydrogen (secondary N) is 1. The third-order valence-electron chi connectivity index (χ3n) is 3.60. The average Bonchev–Trinajstić information content (AvgIpc) is 2.88. The van der Waals surface area contributed by atoms with Crippen LogP contribution in [-0.4, -0.2) is 36.7 Å². The zero-order valence-electron chi connectivity index (χ0n) is 14.7. The molecule has 0 spiro atoms. The monoisotopic (exact) mass is 399 g/mol. The molecule has 1 aromatic carbocycles. The van der Waals surface area contributed by atoms with Crippen LogP contribution in [0.5, 0.6) is 5.75 Å². The molecular weight excluding hydrogens is 381 g/mol. The van der Waals surface area contributed by atoms with Gasteiger partial charge in [-0.25, -0.2) is 9.59 Å². The first-order valence-electron chi connectivity index (χ1n) is 7.97. The SMILES string of the molecule is CCOC(=O)c1[nH]c(C)c(C(=O)OCCOc2c(Cl)cccc2Cl)c1C. The maximum atomic E-state index is 12.3. The highest BCUT2D eigenvalue weighted by atomic mass is 35.5. The van der Waals surface area contributed by atoms with E-state index in [0.717, 1.165) is 0 Å². The molecule has 1 heterocycles. The zero-order valence-corrected chi connectivity index (χ0v) is 16.2. The zero-order chi connectivity index (χ0) is 19.3. The molecule has 140 valence electrons. The third kappa shape index (κ3) is 4.51. The first-order valence-corrected chi connectivity index (χ1v) is 8.72. The van der Waals surface area contributed by atoms with Gasteiger partial charge >= 0.3 is 11.9 Å². The topological polar surface area (TPSA) is 77.6 Å². The van der Waals surface area contributed by atoms with Gasteiger partial charge in [0.25, 0.3) is 0 Å². The molecule has 26 heavy (non-hydrogen) atoms. The second-order valence-electron chi connectivity index (χ2n) is 5.38. The lowest BCUT2D eigenvalue weighted by Crippen LogP contribution is -2.14. The largest absolute Gasteiger partial charge is 0.487 e. The van der Waals surface area contributed by atoms with Crippen molar-refractivity contribution in [3.63, 3.8) is 0 Å². The molecule has 0 atom stereocenters. The number of benzene rings is 1. The minimum atomic E-state index is -0.555. The van der Waals surface area contributed by atoms with Crippen LogP contribution in [-0.2, 0) is 9.47 Å². The van der Waals surface area contributed by atoms with Gasteiger partial charge in [0.1, 0.15) is 18.9 Å². The molecule has 0 bridgehead atoms. The first kappa shape index (κ1) is 20.1. The molecule has 1 aromatic heterocycles. The number of carbonyl (C=O) groups excluding carboxylic acids is 2. The fourth-order valence-electron chi connectivity index (χ4n) is 2.43. The van der Waals surface area contributed by atoms with Crippen molar-refractivity contribution in [2.45, 2.75) is 20.8 Å². The van der Waals surface area contributed by atoms with E-state index in [2.05, 4.69) is 4.98 Å². The van der Waals surface area contributed by atoms with Crippen LogP contribution in [0.25, 0.3) is 0 Å². The molecule has 0 aliphatic carbocycles. The Morgan fingerprint density at radius 3 is 2.31 bits per heavy atom. The molecule has 0 unspecified atom stereocenters. The number of halogens is 2. The van der Waals surface area contributed by atoms with Crippen LogP contribution in [0, 0.1) is 13.8 Å². The molecule has 2 aromatic rings. The van der Waals surface area contributed by atoms with Gasteiger partial charge in [0, 0.05) is 5.69 Å². The number of H-pyrrole nitrogens is 1. The Balaban J connectivity index is 1.97. The van der Waals surface area contributed by atoms with E-state index >= 15 is 0 Å². The van der Waals surface area contributed by atoms with Crippen LogP contribution in [0.2, 0.25) is 10.0 Å². The van der Waals surface area contributed by atoms with E-state index in [1.165, 1.54) is 0 Å². The molecule has 2 rings (SSSR count). The predicted molar refractivity (Wildman–Crippen MR) is 98.5 cm³/mol. The summed E-state index contributed by atoms with van der Waals surface area (Å²) in [5.41, 5.74) is 1.57. The molecule has 0 saturated heterocycles. The molecular formula is C18H19Cl2NO5. The summed E-state index contributed by atoms with van der Waals surface area (Å²) in [5, 5.41) is 0.750. The van der Waals surface area contributed by atoms with Gasteiger partial charge in [-0.3, -0.25) is 0 Å². The van der Waals surface area contributed by atoms with Gasteiger partial charge in [0.15, 0.2) is 5.75 Å². The maximum absolute atomic E-state index is 12.3. The van der Waals surface area contributed by atoms with E-state index in [9.17, 15) is 9.59 Å². The predicted octanol–water partition coefficient (Wildman–Crippen LogP) is 4.35. The summed E-state index contributed by atoms with van der Waals surface area (Å²) >= 11 is 12.0. The minimum absolute atomic E-state index is 0.000808. The van der Waals surface area contributed by atoms with E-state index in [4.69, 9.17) is 37.4 Å². The highest BCUT2D eigenvalue weighted by molar-refractivity contribution is 6.37. The van der Waals surface area contributed by atoms with Crippen LogP contribution < -0.4 is 4.74 Å². The number of aromatic nitrogens is 1. The second-order valence-corrected chi connectivity index (χ2v) is 6.20. The van der Waals surface area contributed by atoms with Crippen LogP contribution in [0.3, 0.4) is 0 Å². The Morgan fingerprint density at radius 1 is 1.04 bits per heavy atom. The van der Waals surface area contributed by atoms with Crippen molar-refractivity contribution in [3.05, 3.63) is 50.8 Å². The minimum Gasteiger partial charge on any atom is -0.487 e. The summed E-state index contributed by atoms with van der Waals surface area (Å²) in [6, 6.07) is 5.01. The highest BCUT2D eigenvalue weighted by Gasteiger charge is 2.23. The standard InChI is InChI=1S/C18H19Cl2NO5/c1-4-24-18(23)15-10(2)14(11(3)21-15)17(22)26-9-8-25-16-12(19)6-5-7-13(16)20/h5-7,21H,4,8-9H2,1-3H3. The lowest BCUT2D eigenvalue weighted by atomic mass is 10.1. The summed E-state index contributed by atoms with van der Waals surface area (Å²) in [6.07, 6.45) is 0. The number of rotatable bonds is 7. The summed E-state index contributed by atoms with van der Waals surface area (Å²) < 4.78 is 15.6. The fraction of sp³-hybridized carbons (Fsp3) is 0.333. The van der Waals surface area contributed by atoms with Gasteiger partial charge in [0.05, 0.1) is 22.2 Å². The molecule has 0 aliphatic rings. The quantitative estimate of drug-likeness (QED) is 0.552. The van der Waals surface area contributed by atoms with Crippen LogP contribution >= 0.6 is 23.2 Å². The smallest absolute Gasteiger partial charge is 0.355 e. The fourth-order valence-corrected chi connectivity index (χ4v) is 2.94. The number of ether oxygens (including phenoxy) is 3. The third-order valence-corrected chi connectivity index (χ3v) is 4.20. The molecule has 6 nitrogen and oxygen atoms in total. The van der Waals surface area contributed by atoms with Crippen molar-refractivity contribution in [2.24, 2.45) is 0 Å². The van der Waals surface area contributed by atoms with Crippen molar-refractivity contribution in [3.8, 4) is 5.75 Å². The number of para-hydroxylation sites is 1. The summed E-state index contributed by atoms with van der Waals surface area (Å²) in [5.74, 6) is -0.727. The number of hydrogen-bond donors (Lipinski definition) is 1. The van der Waals surface area contributed by atoms with Gasteiger partial charge in [0.2, 0.25) is 0 Å². The van der Waals surface area contributed by atoms with Gasteiger partial charge in [-0.1, -0.05) is 29.3 Å². The Hall–Kier alpha value is -2.18. The van der Waals surface area contributed by atoms with Crippen molar-refractivity contribution in [1.29, 1.82) is 0 Å². The Morgan fingerprint density at radius 2 is 1.69 bits per heavy atom. The van der Waals surface area contributed by atoms with Crippen molar-refractivity contribution < 1.29 is 23.8 Å². The van der Waals surface area contributed by atoms with E-state index in [1.54, 1.807) is 39.0 Å². The number of aryl methyl sites for hydroxylation is 1. The van der Waals surface area contributed by atoms with E-state index in [0.29, 0.717) is 32.6 Å². The lowest BCUT2D eigenvalue weighted by molar-refractivity contribution is 0.0449. The van der Waals surface area contributed by atoms with Crippen LogP contribution in [0.15, 0.2) is 18.2 Å². The van der Waals surface area contributed by atoms with Crippen molar-refractivity contribution >= 4 is 35.1 Å². The number of carbonyl (C=O) groups is 2. The molecule has 0 aliphatic heterocycles. The Kier molecular flexibility index (Phi) is 6.94. The summed E-state index contributed by atoms with van der Waals surface area (Å²) in [4.78, 5) is 27.1. The molecule has 0 saturated carbocycles. The summed E-state index contributed by atoms with van der Waals surface area (Å²) in [6.45, 7) is 5.39. The number of esters is 2. The van der Waals surface area contributed by atoms with E-state index < -0.39 is 11.9 Å². The second kappa shape index (κ2) is 8.96. The lowest BCUT2D eigenvalue weighted by Gasteiger charge is -2.10. The normalized spacial score (nSPS) is 10.5.